The van der Waals surface area contributed by atoms with Crippen molar-refractivity contribution in [2.24, 2.45) is 0 Å². The van der Waals surface area contributed by atoms with Crippen LogP contribution in [-0.4, -0.2) is 31.8 Å². The van der Waals surface area contributed by atoms with Gasteiger partial charge in [-0.15, -0.1) is 11.8 Å². The molecule has 0 aliphatic heterocycles. The molecular weight excluding hydrogens is 420 g/mol. The molecule has 1 amide bonds. The fourth-order valence-corrected chi connectivity index (χ4v) is 5.48. The average molecular weight is 445 g/mol. The van der Waals surface area contributed by atoms with Crippen molar-refractivity contribution in [2.75, 3.05) is 12.3 Å². The van der Waals surface area contributed by atoms with Gasteiger partial charge < -0.3 is 9.84 Å². The minimum atomic E-state index is -3.34. The van der Waals surface area contributed by atoms with E-state index in [2.05, 4.69) is 10.5 Å². The second-order valence-corrected chi connectivity index (χ2v) is 9.96. The van der Waals surface area contributed by atoms with E-state index in [1.165, 1.54) is 0 Å². The highest BCUT2D eigenvalue weighted by atomic mass is 32.2. The lowest BCUT2D eigenvalue weighted by Crippen LogP contribution is -2.26. The summed E-state index contributed by atoms with van der Waals surface area (Å²) in [5, 5.41) is 6.79. The molecule has 158 valence electrons. The van der Waals surface area contributed by atoms with Crippen LogP contribution in [0.1, 0.15) is 33.8 Å². The Labute approximate surface area is 181 Å². The molecule has 0 saturated carbocycles. The maximum absolute atomic E-state index is 12.7. The smallest absolute Gasteiger partial charge is 0.252 e. The summed E-state index contributed by atoms with van der Waals surface area (Å²) < 4.78 is 29.8. The number of benzene rings is 2. The van der Waals surface area contributed by atoms with E-state index in [9.17, 15) is 13.2 Å². The average Bonchev–Trinajstić information content (AvgIpc) is 3.07. The third kappa shape index (κ3) is 5.52. The lowest BCUT2D eigenvalue weighted by Gasteiger charge is -2.10. The van der Waals surface area contributed by atoms with Crippen LogP contribution in [0.4, 0.5) is 0 Å². The van der Waals surface area contributed by atoms with Crippen molar-refractivity contribution in [3.63, 3.8) is 0 Å². The van der Waals surface area contributed by atoms with Gasteiger partial charge in [0.25, 0.3) is 5.91 Å². The van der Waals surface area contributed by atoms with Crippen molar-refractivity contribution in [1.82, 2.24) is 10.5 Å². The maximum Gasteiger partial charge on any atom is 0.252 e. The molecule has 0 unspecified atom stereocenters. The summed E-state index contributed by atoms with van der Waals surface area (Å²) in [7, 11) is -3.34. The van der Waals surface area contributed by atoms with Gasteiger partial charge >= 0.3 is 0 Å². The van der Waals surface area contributed by atoms with Crippen LogP contribution in [0, 0.1) is 13.8 Å². The van der Waals surface area contributed by atoms with Crippen molar-refractivity contribution in [3.05, 3.63) is 77.2 Å². The summed E-state index contributed by atoms with van der Waals surface area (Å²) >= 11 is 1.55. The molecule has 3 aromatic rings. The Hall–Kier alpha value is -2.58. The molecule has 3 rings (SSSR count). The van der Waals surface area contributed by atoms with Crippen LogP contribution in [-0.2, 0) is 15.6 Å². The second kappa shape index (κ2) is 9.95. The zero-order valence-electron chi connectivity index (χ0n) is 16.9. The van der Waals surface area contributed by atoms with Gasteiger partial charge in [-0.1, -0.05) is 35.5 Å². The van der Waals surface area contributed by atoms with Gasteiger partial charge in [-0.2, -0.15) is 0 Å². The Kier molecular flexibility index (Phi) is 7.33. The molecule has 0 saturated heterocycles. The highest BCUT2D eigenvalue weighted by Gasteiger charge is 2.16. The van der Waals surface area contributed by atoms with Crippen molar-refractivity contribution < 1.29 is 17.7 Å². The summed E-state index contributed by atoms with van der Waals surface area (Å²) in [6.45, 7) is 4.06. The van der Waals surface area contributed by atoms with Crippen LogP contribution in [0.15, 0.2) is 68.9 Å². The van der Waals surface area contributed by atoms with Crippen LogP contribution in [0.5, 0.6) is 0 Å². The van der Waals surface area contributed by atoms with Crippen LogP contribution in [0.3, 0.4) is 0 Å². The van der Waals surface area contributed by atoms with Crippen LogP contribution >= 0.6 is 11.8 Å². The molecule has 6 nitrogen and oxygen atoms in total. The molecule has 2 aromatic carbocycles. The quantitative estimate of drug-likeness (QED) is 0.393. The molecular formula is C22H24N2O4S2. The van der Waals surface area contributed by atoms with Gasteiger partial charge in [-0.3, -0.25) is 4.79 Å². The van der Waals surface area contributed by atoms with E-state index >= 15 is 0 Å². The lowest BCUT2D eigenvalue weighted by atomic mass is 10.2. The molecule has 0 fully saturated rings. The van der Waals surface area contributed by atoms with E-state index in [0.717, 1.165) is 21.9 Å². The number of aryl methyl sites for hydroxylation is 2. The number of sulfone groups is 1. The normalized spacial score (nSPS) is 11.4. The first-order chi connectivity index (χ1) is 14.4. The van der Waals surface area contributed by atoms with E-state index in [-0.39, 0.29) is 18.2 Å². The topological polar surface area (TPSA) is 89.3 Å². The maximum atomic E-state index is 12.7. The van der Waals surface area contributed by atoms with E-state index < -0.39 is 9.84 Å². The van der Waals surface area contributed by atoms with Gasteiger partial charge in [0.1, 0.15) is 5.76 Å². The lowest BCUT2D eigenvalue weighted by molar-refractivity contribution is 0.0950. The Balaban J connectivity index is 1.56. The molecule has 0 radical (unpaired) electrons. The highest BCUT2D eigenvalue weighted by molar-refractivity contribution is 7.98. The van der Waals surface area contributed by atoms with Crippen LogP contribution < -0.4 is 5.32 Å². The van der Waals surface area contributed by atoms with Gasteiger partial charge in [0.05, 0.1) is 21.9 Å². The SMILES string of the molecule is Cc1noc(C)c1CSc1ccccc1C(=O)NCCCS(=O)(=O)c1ccccc1. The first-order valence-electron chi connectivity index (χ1n) is 9.58. The number of carbonyl (C=O) groups excluding carboxylic acids is 1. The molecule has 0 aliphatic carbocycles. The zero-order valence-corrected chi connectivity index (χ0v) is 18.6. The molecule has 0 atom stereocenters. The van der Waals surface area contributed by atoms with E-state index in [4.69, 9.17) is 4.52 Å². The third-order valence-electron chi connectivity index (χ3n) is 4.66. The molecule has 0 bridgehead atoms. The van der Waals surface area contributed by atoms with E-state index in [1.54, 1.807) is 48.2 Å². The number of aromatic nitrogens is 1. The van der Waals surface area contributed by atoms with Gasteiger partial charge in [0.2, 0.25) is 0 Å². The van der Waals surface area contributed by atoms with Crippen LogP contribution in [0.2, 0.25) is 0 Å². The van der Waals surface area contributed by atoms with Crippen molar-refractivity contribution >= 4 is 27.5 Å². The van der Waals surface area contributed by atoms with E-state index in [1.807, 2.05) is 32.0 Å². The molecule has 1 N–H and O–H groups in total. The van der Waals surface area contributed by atoms with Crippen molar-refractivity contribution in [1.29, 1.82) is 0 Å². The summed E-state index contributed by atoms with van der Waals surface area (Å²) in [5.74, 6) is 1.20. The number of nitrogens with zero attached hydrogens (tertiary/aromatic N) is 1. The Morgan fingerprint density at radius 2 is 1.77 bits per heavy atom. The molecule has 30 heavy (non-hydrogen) atoms. The summed E-state index contributed by atoms with van der Waals surface area (Å²) in [5.41, 5.74) is 2.45. The number of hydrogen-bond acceptors (Lipinski definition) is 6. The third-order valence-corrected chi connectivity index (χ3v) is 7.58. The monoisotopic (exact) mass is 444 g/mol. The molecule has 8 heteroatoms. The predicted octanol–water partition coefficient (Wildman–Crippen LogP) is 4.18. The standard InChI is InChI=1S/C22H24N2O4S2/c1-16-20(17(2)28-24-16)15-29-21-12-7-6-11-19(21)22(25)23-13-8-14-30(26,27)18-9-4-3-5-10-18/h3-7,9-12H,8,13-15H2,1-2H3,(H,23,25). The minimum absolute atomic E-state index is 0.0142. The van der Waals surface area contributed by atoms with E-state index in [0.29, 0.717) is 22.6 Å². The fourth-order valence-electron chi connectivity index (χ4n) is 2.94. The Morgan fingerprint density at radius 3 is 2.47 bits per heavy atom. The largest absolute Gasteiger partial charge is 0.361 e. The molecule has 1 heterocycles. The fraction of sp³-hybridized carbons (Fsp3) is 0.273. The molecule has 1 aromatic heterocycles. The number of nitrogens with one attached hydrogen (secondary N) is 1. The van der Waals surface area contributed by atoms with Gasteiger partial charge in [-0.05, 0) is 44.5 Å². The van der Waals surface area contributed by atoms with Gasteiger partial charge in [-0.25, -0.2) is 8.42 Å². The summed E-state index contributed by atoms with van der Waals surface area (Å²) in [4.78, 5) is 13.8. The summed E-state index contributed by atoms with van der Waals surface area (Å²) in [6.07, 6.45) is 0.345. The first kappa shape index (κ1) is 22.1. The predicted molar refractivity (Wildman–Crippen MR) is 117 cm³/mol. The second-order valence-electron chi connectivity index (χ2n) is 6.83. The minimum Gasteiger partial charge on any atom is -0.361 e. The van der Waals surface area contributed by atoms with Gasteiger partial charge in [0.15, 0.2) is 9.84 Å². The van der Waals surface area contributed by atoms with Gasteiger partial charge in [0, 0.05) is 22.8 Å². The number of amides is 1. The molecule has 0 aliphatic rings. The Morgan fingerprint density at radius 1 is 1.07 bits per heavy atom. The number of rotatable bonds is 9. The zero-order chi connectivity index (χ0) is 21.6. The van der Waals surface area contributed by atoms with Crippen LogP contribution in [0.25, 0.3) is 0 Å². The number of hydrogen-bond donors (Lipinski definition) is 1. The molecule has 0 spiro atoms. The summed E-state index contributed by atoms with van der Waals surface area (Å²) in [6, 6.07) is 15.7. The highest BCUT2D eigenvalue weighted by Crippen LogP contribution is 2.28. The number of thioether (sulfide) groups is 1. The van der Waals surface area contributed by atoms with Crippen molar-refractivity contribution in [3.8, 4) is 0 Å². The number of carbonyl (C=O) groups is 1. The first-order valence-corrected chi connectivity index (χ1v) is 12.2. The Bertz CT molecular complexity index is 1090. The van der Waals surface area contributed by atoms with Crippen molar-refractivity contribution in [2.45, 2.75) is 35.8 Å².